The van der Waals surface area contributed by atoms with Crippen LogP contribution in [0, 0.1) is 5.92 Å². The summed E-state index contributed by atoms with van der Waals surface area (Å²) < 4.78 is 9.63. The predicted molar refractivity (Wildman–Crippen MR) is 55.9 cm³/mol. The molecule has 1 rings (SSSR count). The summed E-state index contributed by atoms with van der Waals surface area (Å²) in [5.74, 6) is -0.980. The van der Waals surface area contributed by atoms with Crippen LogP contribution >= 0.6 is 0 Å². The van der Waals surface area contributed by atoms with Gasteiger partial charge in [-0.3, -0.25) is 10.1 Å². The van der Waals surface area contributed by atoms with Gasteiger partial charge in [-0.25, -0.2) is 4.79 Å². The first-order valence-electron chi connectivity index (χ1n) is 4.98. The highest BCUT2D eigenvalue weighted by molar-refractivity contribution is 5.91. The van der Waals surface area contributed by atoms with Gasteiger partial charge in [-0.1, -0.05) is 13.8 Å². The maximum absolute atomic E-state index is 11.3. The quantitative estimate of drug-likeness (QED) is 0.785. The van der Waals surface area contributed by atoms with Crippen molar-refractivity contribution in [2.45, 2.75) is 20.8 Å². The molecule has 6 nitrogen and oxygen atoms in total. The number of nitrogens with zero attached hydrogens (tertiary/aromatic N) is 1. The van der Waals surface area contributed by atoms with Crippen molar-refractivity contribution >= 4 is 17.9 Å². The van der Waals surface area contributed by atoms with E-state index in [1.54, 1.807) is 20.8 Å². The average Bonchev–Trinajstić information content (AvgIpc) is 2.66. The Hall–Kier alpha value is -1.85. The second kappa shape index (κ2) is 5.29. The number of amides is 1. The van der Waals surface area contributed by atoms with Crippen molar-refractivity contribution in [1.82, 2.24) is 4.98 Å². The van der Waals surface area contributed by atoms with Crippen molar-refractivity contribution in [3.63, 3.8) is 0 Å². The topological polar surface area (TPSA) is 81.4 Å². The Balaban J connectivity index is 2.65. The summed E-state index contributed by atoms with van der Waals surface area (Å²) in [6.45, 7) is 5.44. The number of carbonyl (C=O) groups excluding carboxylic acids is 2. The molecule has 0 saturated heterocycles. The second-order valence-electron chi connectivity index (χ2n) is 3.40. The van der Waals surface area contributed by atoms with Gasteiger partial charge in [0.2, 0.25) is 5.91 Å². The molecule has 0 aliphatic heterocycles. The summed E-state index contributed by atoms with van der Waals surface area (Å²) in [7, 11) is 0. The monoisotopic (exact) mass is 226 g/mol. The number of ether oxygens (including phenoxy) is 1. The van der Waals surface area contributed by atoms with Crippen LogP contribution in [0.2, 0.25) is 0 Å². The smallest absolute Gasteiger partial charge is 0.360 e. The van der Waals surface area contributed by atoms with Crippen LogP contribution in [0.15, 0.2) is 10.7 Å². The fourth-order valence-electron chi connectivity index (χ4n) is 0.880. The molecule has 88 valence electrons. The van der Waals surface area contributed by atoms with Gasteiger partial charge in [0.05, 0.1) is 6.61 Å². The van der Waals surface area contributed by atoms with E-state index in [2.05, 4.69) is 10.3 Å². The normalized spacial score (nSPS) is 10.2. The summed E-state index contributed by atoms with van der Waals surface area (Å²) in [6, 6.07) is 0.00162. The van der Waals surface area contributed by atoms with E-state index in [4.69, 9.17) is 9.15 Å². The first kappa shape index (κ1) is 12.2. The highest BCUT2D eigenvalue weighted by Crippen LogP contribution is 2.09. The first-order valence-corrected chi connectivity index (χ1v) is 4.98. The van der Waals surface area contributed by atoms with Crippen LogP contribution in [0.3, 0.4) is 0 Å². The SMILES string of the molecule is CCOC(=O)c1coc(NC(=O)C(C)C)n1. The van der Waals surface area contributed by atoms with Gasteiger partial charge in [-0.05, 0) is 6.92 Å². The van der Waals surface area contributed by atoms with E-state index in [1.807, 2.05) is 0 Å². The lowest BCUT2D eigenvalue weighted by atomic mass is 10.2. The molecule has 1 N–H and O–H groups in total. The van der Waals surface area contributed by atoms with E-state index in [1.165, 1.54) is 0 Å². The van der Waals surface area contributed by atoms with Gasteiger partial charge < -0.3 is 9.15 Å². The third-order valence-corrected chi connectivity index (χ3v) is 1.74. The molecule has 0 saturated carbocycles. The molecule has 0 radical (unpaired) electrons. The molecule has 0 bridgehead atoms. The van der Waals surface area contributed by atoms with E-state index in [0.29, 0.717) is 0 Å². The number of oxazole rings is 1. The Morgan fingerprint density at radius 2 is 2.25 bits per heavy atom. The molecule has 1 amide bonds. The number of anilines is 1. The van der Waals surface area contributed by atoms with E-state index >= 15 is 0 Å². The lowest BCUT2D eigenvalue weighted by Gasteiger charge is -2.02. The van der Waals surface area contributed by atoms with Crippen molar-refractivity contribution in [2.24, 2.45) is 5.92 Å². The number of carbonyl (C=O) groups is 2. The zero-order valence-electron chi connectivity index (χ0n) is 9.44. The lowest BCUT2D eigenvalue weighted by molar-refractivity contribution is -0.119. The molecule has 1 heterocycles. The van der Waals surface area contributed by atoms with Crippen LogP contribution in [-0.4, -0.2) is 23.5 Å². The Bertz CT molecular complexity index is 384. The van der Waals surface area contributed by atoms with Crippen molar-refractivity contribution in [1.29, 1.82) is 0 Å². The molecule has 0 unspecified atom stereocenters. The molecule has 0 aromatic carbocycles. The predicted octanol–water partition coefficient (Wildman–Crippen LogP) is 1.45. The van der Waals surface area contributed by atoms with Crippen LogP contribution in [0.25, 0.3) is 0 Å². The van der Waals surface area contributed by atoms with Gasteiger partial charge in [0.25, 0.3) is 0 Å². The summed E-state index contributed by atoms with van der Waals surface area (Å²) in [5.41, 5.74) is 0.0425. The number of hydrogen-bond donors (Lipinski definition) is 1. The summed E-state index contributed by atoms with van der Waals surface area (Å²) in [4.78, 5) is 26.3. The summed E-state index contributed by atoms with van der Waals surface area (Å²) in [6.07, 6.45) is 1.15. The zero-order valence-corrected chi connectivity index (χ0v) is 9.44. The summed E-state index contributed by atoms with van der Waals surface area (Å²) >= 11 is 0. The molecule has 0 aliphatic carbocycles. The van der Waals surface area contributed by atoms with Gasteiger partial charge >= 0.3 is 12.0 Å². The van der Waals surface area contributed by atoms with Gasteiger partial charge in [-0.15, -0.1) is 0 Å². The van der Waals surface area contributed by atoms with Gasteiger partial charge in [0.1, 0.15) is 6.26 Å². The van der Waals surface area contributed by atoms with Gasteiger partial charge in [-0.2, -0.15) is 4.98 Å². The molecule has 0 fully saturated rings. The minimum atomic E-state index is -0.573. The average molecular weight is 226 g/mol. The molecule has 0 atom stereocenters. The van der Waals surface area contributed by atoms with Crippen molar-refractivity contribution in [2.75, 3.05) is 11.9 Å². The van der Waals surface area contributed by atoms with Crippen molar-refractivity contribution in [3.8, 4) is 0 Å². The largest absolute Gasteiger partial charge is 0.461 e. The van der Waals surface area contributed by atoms with Gasteiger partial charge in [0, 0.05) is 5.92 Å². The molecule has 0 spiro atoms. The zero-order chi connectivity index (χ0) is 12.1. The molecule has 1 aromatic heterocycles. The molecular weight excluding hydrogens is 212 g/mol. The Morgan fingerprint density at radius 1 is 1.56 bits per heavy atom. The van der Waals surface area contributed by atoms with E-state index in [-0.39, 0.29) is 30.1 Å². The fourth-order valence-corrected chi connectivity index (χ4v) is 0.880. The van der Waals surface area contributed by atoms with Crippen LogP contribution in [-0.2, 0) is 9.53 Å². The molecule has 0 aliphatic rings. The molecule has 16 heavy (non-hydrogen) atoms. The van der Waals surface area contributed by atoms with Crippen molar-refractivity contribution in [3.05, 3.63) is 12.0 Å². The van der Waals surface area contributed by atoms with Crippen molar-refractivity contribution < 1.29 is 18.7 Å². The van der Waals surface area contributed by atoms with Crippen LogP contribution in [0.1, 0.15) is 31.3 Å². The maximum atomic E-state index is 11.3. The number of esters is 1. The van der Waals surface area contributed by atoms with E-state index in [9.17, 15) is 9.59 Å². The molecular formula is C10H14N2O4. The standard InChI is InChI=1S/C10H14N2O4/c1-4-15-9(14)7-5-16-10(11-7)12-8(13)6(2)3/h5-6H,4H2,1-3H3,(H,11,12,13). The minimum Gasteiger partial charge on any atom is -0.461 e. The minimum absolute atomic E-state index is 0.00162. The lowest BCUT2D eigenvalue weighted by Crippen LogP contribution is -2.18. The van der Waals surface area contributed by atoms with Crippen LogP contribution in [0.5, 0.6) is 0 Å². The Labute approximate surface area is 93.0 Å². The third kappa shape index (κ3) is 3.08. The second-order valence-corrected chi connectivity index (χ2v) is 3.40. The Kier molecular flexibility index (Phi) is 4.04. The summed E-state index contributed by atoms with van der Waals surface area (Å²) in [5, 5.41) is 2.43. The highest BCUT2D eigenvalue weighted by Gasteiger charge is 2.15. The highest BCUT2D eigenvalue weighted by atomic mass is 16.5. The number of rotatable bonds is 4. The van der Waals surface area contributed by atoms with E-state index in [0.717, 1.165) is 6.26 Å². The molecule has 1 aromatic rings. The van der Waals surface area contributed by atoms with Crippen LogP contribution < -0.4 is 5.32 Å². The van der Waals surface area contributed by atoms with E-state index < -0.39 is 5.97 Å². The number of nitrogens with one attached hydrogen (secondary N) is 1. The van der Waals surface area contributed by atoms with Crippen LogP contribution in [0.4, 0.5) is 6.01 Å². The first-order chi connectivity index (χ1) is 7.54. The maximum Gasteiger partial charge on any atom is 0.360 e. The number of hydrogen-bond acceptors (Lipinski definition) is 5. The van der Waals surface area contributed by atoms with Gasteiger partial charge in [0.15, 0.2) is 5.69 Å². The number of aromatic nitrogens is 1. The third-order valence-electron chi connectivity index (χ3n) is 1.74. The molecule has 6 heteroatoms. The Morgan fingerprint density at radius 3 is 2.81 bits per heavy atom. The fraction of sp³-hybridized carbons (Fsp3) is 0.500.